The largest absolute Gasteiger partial charge is 0.491 e. The summed E-state index contributed by atoms with van der Waals surface area (Å²) in [5.41, 5.74) is 0.961. The minimum absolute atomic E-state index is 0.111. The maximum atomic E-state index is 12.0. The molecule has 0 saturated carbocycles. The van der Waals surface area contributed by atoms with Crippen molar-refractivity contribution in [3.63, 3.8) is 0 Å². The van der Waals surface area contributed by atoms with Crippen molar-refractivity contribution in [2.45, 2.75) is 26.8 Å². The Morgan fingerprint density at radius 3 is 2.89 bits per heavy atom. The molecular formula is C16H21NO2. The van der Waals surface area contributed by atoms with Crippen molar-refractivity contribution in [3.05, 3.63) is 64.6 Å². The van der Waals surface area contributed by atoms with Crippen LogP contribution >= 0.6 is 0 Å². The van der Waals surface area contributed by atoms with E-state index < -0.39 is 0 Å². The number of hydrogen-bond acceptors (Lipinski definition) is 2. The zero-order valence-electron chi connectivity index (χ0n) is 11.8. The lowest BCUT2D eigenvalue weighted by atomic mass is 10.2. The molecule has 0 aliphatic heterocycles. The zero-order chi connectivity index (χ0) is 14.1. The van der Waals surface area contributed by atoms with Gasteiger partial charge in [-0.3, -0.25) is 4.79 Å². The van der Waals surface area contributed by atoms with E-state index >= 15 is 0 Å². The molecule has 3 nitrogen and oxygen atoms in total. The lowest BCUT2D eigenvalue weighted by Gasteiger charge is -2.08. The van der Waals surface area contributed by atoms with Crippen molar-refractivity contribution in [2.24, 2.45) is 0 Å². The third kappa shape index (κ3) is 4.62. The molecule has 0 aromatic carbocycles. The van der Waals surface area contributed by atoms with Gasteiger partial charge in [-0.25, -0.2) is 0 Å². The number of nitrogens with zero attached hydrogens (tertiary/aromatic N) is 1. The Balaban J connectivity index is 3.00. The topological polar surface area (TPSA) is 31.2 Å². The summed E-state index contributed by atoms with van der Waals surface area (Å²) in [5.74, 6) is 0.367. The summed E-state index contributed by atoms with van der Waals surface area (Å²) in [4.78, 5) is 12.0. The van der Waals surface area contributed by atoms with E-state index in [2.05, 4.69) is 13.0 Å². The first-order valence-electron chi connectivity index (χ1n) is 6.44. The van der Waals surface area contributed by atoms with Crippen LogP contribution in [0.2, 0.25) is 0 Å². The number of methoxy groups -OCH3 is 1. The highest BCUT2D eigenvalue weighted by Gasteiger charge is 2.03. The Morgan fingerprint density at radius 2 is 2.26 bits per heavy atom. The molecule has 1 aromatic heterocycles. The molecule has 0 atom stereocenters. The molecule has 0 amide bonds. The maximum absolute atomic E-state index is 12.0. The van der Waals surface area contributed by atoms with E-state index in [4.69, 9.17) is 4.74 Å². The van der Waals surface area contributed by atoms with Crippen LogP contribution in [-0.2, 0) is 6.54 Å². The van der Waals surface area contributed by atoms with Crippen molar-refractivity contribution >= 4 is 0 Å². The lowest BCUT2D eigenvalue weighted by Crippen LogP contribution is -2.21. The number of ether oxygens (including phenoxy) is 1. The normalized spacial score (nSPS) is 12.5. The Hall–Kier alpha value is -2.03. The van der Waals surface area contributed by atoms with Gasteiger partial charge in [-0.15, -0.1) is 0 Å². The van der Waals surface area contributed by atoms with E-state index in [9.17, 15) is 4.79 Å². The molecule has 0 unspecified atom stereocenters. The number of aromatic nitrogens is 1. The number of rotatable bonds is 6. The van der Waals surface area contributed by atoms with Gasteiger partial charge in [-0.2, -0.15) is 0 Å². The average Bonchev–Trinajstić information content (AvgIpc) is 2.41. The minimum atomic E-state index is -0.111. The van der Waals surface area contributed by atoms with E-state index in [1.54, 1.807) is 16.8 Å². The summed E-state index contributed by atoms with van der Waals surface area (Å²) in [5, 5.41) is 0. The zero-order valence-corrected chi connectivity index (χ0v) is 11.8. The molecule has 1 aromatic rings. The van der Waals surface area contributed by atoms with E-state index in [-0.39, 0.29) is 5.56 Å². The first kappa shape index (κ1) is 15.0. The van der Waals surface area contributed by atoms with Crippen LogP contribution in [0.5, 0.6) is 5.75 Å². The molecule has 0 fully saturated rings. The van der Waals surface area contributed by atoms with Crippen LogP contribution in [0.4, 0.5) is 0 Å². The Bertz CT molecular complexity index is 536. The summed E-state index contributed by atoms with van der Waals surface area (Å²) in [6.07, 6.45) is 12.9. The molecule has 1 heterocycles. The molecule has 0 N–H and O–H groups in total. The Morgan fingerprint density at radius 1 is 1.47 bits per heavy atom. The van der Waals surface area contributed by atoms with Crippen molar-refractivity contribution in [1.82, 2.24) is 4.57 Å². The van der Waals surface area contributed by atoms with Crippen LogP contribution in [0, 0.1) is 0 Å². The molecule has 102 valence electrons. The third-order valence-corrected chi connectivity index (χ3v) is 2.62. The van der Waals surface area contributed by atoms with Crippen LogP contribution in [-0.4, -0.2) is 11.7 Å². The van der Waals surface area contributed by atoms with Crippen LogP contribution in [0.25, 0.3) is 0 Å². The Labute approximate surface area is 114 Å². The van der Waals surface area contributed by atoms with E-state index in [1.165, 1.54) is 7.11 Å². The molecule has 0 saturated heterocycles. The summed E-state index contributed by atoms with van der Waals surface area (Å²) in [6, 6.07) is 3.49. The number of allylic oxidation sites excluding steroid dienone is 6. The Kier molecular flexibility index (Phi) is 6.44. The fraction of sp³-hybridized carbons (Fsp3) is 0.312. The molecule has 3 heteroatoms. The van der Waals surface area contributed by atoms with E-state index in [1.807, 2.05) is 37.3 Å². The first-order valence-corrected chi connectivity index (χ1v) is 6.44. The standard InChI is InChI=1S/C16H21NO2/c1-4-6-7-10-14(9-5-2)13-17-12-8-11-15(19-3)16(17)18/h5-12H,4,13H2,1-3H3/b7-6-,9-5-,14-10+. The smallest absolute Gasteiger partial charge is 0.293 e. The molecule has 0 aliphatic rings. The van der Waals surface area contributed by atoms with Gasteiger partial charge >= 0.3 is 0 Å². The molecule has 0 aliphatic carbocycles. The second-order valence-electron chi connectivity index (χ2n) is 4.09. The predicted molar refractivity (Wildman–Crippen MR) is 79.6 cm³/mol. The van der Waals surface area contributed by atoms with Gasteiger partial charge in [-0.1, -0.05) is 37.3 Å². The van der Waals surface area contributed by atoms with Crippen LogP contribution in [0.15, 0.2) is 59.1 Å². The quantitative estimate of drug-likeness (QED) is 0.734. The van der Waals surface area contributed by atoms with Gasteiger partial charge in [0.1, 0.15) is 0 Å². The van der Waals surface area contributed by atoms with Crippen LogP contribution in [0.3, 0.4) is 0 Å². The summed E-state index contributed by atoms with van der Waals surface area (Å²) in [7, 11) is 1.51. The van der Waals surface area contributed by atoms with Gasteiger partial charge in [0.05, 0.1) is 13.7 Å². The van der Waals surface area contributed by atoms with Crippen molar-refractivity contribution in [2.75, 3.05) is 7.11 Å². The van der Waals surface area contributed by atoms with Gasteiger partial charge in [0, 0.05) is 6.20 Å². The molecular weight excluding hydrogens is 238 g/mol. The van der Waals surface area contributed by atoms with Gasteiger partial charge in [-0.05, 0) is 31.1 Å². The van der Waals surface area contributed by atoms with Gasteiger partial charge < -0.3 is 9.30 Å². The second-order valence-corrected chi connectivity index (χ2v) is 4.09. The van der Waals surface area contributed by atoms with Crippen LogP contribution < -0.4 is 10.3 Å². The maximum Gasteiger partial charge on any atom is 0.293 e. The number of hydrogen-bond donors (Lipinski definition) is 0. The monoisotopic (exact) mass is 259 g/mol. The lowest BCUT2D eigenvalue weighted by molar-refractivity contribution is 0.403. The molecule has 0 bridgehead atoms. The fourth-order valence-corrected chi connectivity index (χ4v) is 1.69. The summed E-state index contributed by atoms with van der Waals surface area (Å²) in [6.45, 7) is 4.59. The third-order valence-electron chi connectivity index (χ3n) is 2.62. The highest BCUT2D eigenvalue weighted by Crippen LogP contribution is 2.05. The SMILES string of the molecule is C\C=C/C(=C\C=C/CC)Cn1cccc(OC)c1=O. The highest BCUT2D eigenvalue weighted by atomic mass is 16.5. The van der Waals surface area contributed by atoms with Gasteiger partial charge in [0.25, 0.3) is 5.56 Å². The second kappa shape index (κ2) is 8.14. The number of pyridine rings is 1. The molecule has 19 heavy (non-hydrogen) atoms. The molecule has 0 spiro atoms. The summed E-state index contributed by atoms with van der Waals surface area (Å²) >= 11 is 0. The highest BCUT2D eigenvalue weighted by molar-refractivity contribution is 5.25. The minimum Gasteiger partial charge on any atom is -0.491 e. The van der Waals surface area contributed by atoms with Crippen LogP contribution in [0.1, 0.15) is 20.3 Å². The molecule has 0 radical (unpaired) electrons. The van der Waals surface area contributed by atoms with Crippen molar-refractivity contribution in [1.29, 1.82) is 0 Å². The fourth-order valence-electron chi connectivity index (χ4n) is 1.69. The van der Waals surface area contributed by atoms with Gasteiger partial charge in [0.15, 0.2) is 5.75 Å². The van der Waals surface area contributed by atoms with E-state index in [0.717, 1.165) is 12.0 Å². The van der Waals surface area contributed by atoms with Crippen molar-refractivity contribution < 1.29 is 4.74 Å². The van der Waals surface area contributed by atoms with E-state index in [0.29, 0.717) is 12.3 Å². The van der Waals surface area contributed by atoms with Crippen molar-refractivity contribution in [3.8, 4) is 5.75 Å². The predicted octanol–water partition coefficient (Wildman–Crippen LogP) is 3.33. The molecule has 1 rings (SSSR count). The summed E-state index contributed by atoms with van der Waals surface area (Å²) < 4.78 is 6.68. The van der Waals surface area contributed by atoms with Gasteiger partial charge in [0.2, 0.25) is 0 Å². The first-order chi connectivity index (χ1) is 9.22. The average molecular weight is 259 g/mol.